The highest BCUT2D eigenvalue weighted by Crippen LogP contribution is 2.23. The normalized spacial score (nSPS) is 10.6. The first-order valence-corrected chi connectivity index (χ1v) is 8.69. The summed E-state index contributed by atoms with van der Waals surface area (Å²) in [4.78, 5) is 24.9. The van der Waals surface area contributed by atoms with E-state index in [1.807, 2.05) is 6.07 Å². The van der Waals surface area contributed by atoms with Crippen LogP contribution >= 0.6 is 0 Å². The molecule has 0 aliphatic rings. The zero-order valence-electron chi connectivity index (χ0n) is 15.0. The molecule has 0 radical (unpaired) electrons. The molecule has 1 heterocycles. The summed E-state index contributed by atoms with van der Waals surface area (Å²) in [5.41, 5.74) is 1.26. The molecule has 4 rings (SSSR count). The SMILES string of the molecule is O=C(c1ccccc1)c1c(-c2ccccc2)nn(-c2ccc([N+](=O)[O-])cc2)[n+]1[O-]. The molecule has 3 aromatic carbocycles. The van der Waals surface area contributed by atoms with E-state index in [2.05, 4.69) is 5.10 Å². The van der Waals surface area contributed by atoms with Crippen LogP contribution in [0.25, 0.3) is 16.9 Å². The first-order valence-electron chi connectivity index (χ1n) is 8.69. The highest BCUT2D eigenvalue weighted by molar-refractivity contribution is 6.09. The highest BCUT2D eigenvalue weighted by atomic mass is 16.6. The van der Waals surface area contributed by atoms with Crippen molar-refractivity contribution in [2.24, 2.45) is 0 Å². The molecule has 0 atom stereocenters. The van der Waals surface area contributed by atoms with Crippen molar-refractivity contribution in [3.05, 3.63) is 112 Å². The molecule has 0 bridgehead atoms. The van der Waals surface area contributed by atoms with Crippen LogP contribution in [-0.2, 0) is 0 Å². The van der Waals surface area contributed by atoms with E-state index in [9.17, 15) is 20.1 Å². The van der Waals surface area contributed by atoms with Crippen LogP contribution in [0.3, 0.4) is 0 Å². The summed E-state index contributed by atoms with van der Waals surface area (Å²) < 4.78 is 0. The van der Waals surface area contributed by atoms with E-state index in [-0.39, 0.29) is 17.1 Å². The number of ketones is 1. The average Bonchev–Trinajstić information content (AvgIpc) is 3.11. The Morgan fingerprint density at radius 2 is 1.48 bits per heavy atom. The maximum atomic E-state index is 13.1. The molecule has 0 aliphatic heterocycles. The second-order valence-corrected chi connectivity index (χ2v) is 6.19. The standard InChI is InChI=1S/C21H14N4O4/c26-21(16-9-5-2-6-10-16)20-19(15-7-3-1-4-8-15)22-23(24(20)27)17-11-13-18(14-12-17)25(28)29/h1-14H. The fourth-order valence-corrected chi connectivity index (χ4v) is 2.95. The average molecular weight is 386 g/mol. The number of benzene rings is 3. The topological polar surface area (TPSA) is 105 Å². The van der Waals surface area contributed by atoms with Crippen LogP contribution in [0, 0.1) is 15.3 Å². The Morgan fingerprint density at radius 3 is 2.07 bits per heavy atom. The number of carbonyl (C=O) groups excluding carboxylic acids is 1. The van der Waals surface area contributed by atoms with Gasteiger partial charge in [-0.2, -0.15) is 0 Å². The van der Waals surface area contributed by atoms with Gasteiger partial charge in [0, 0.05) is 23.3 Å². The van der Waals surface area contributed by atoms with E-state index in [4.69, 9.17) is 0 Å². The molecule has 0 fully saturated rings. The highest BCUT2D eigenvalue weighted by Gasteiger charge is 2.31. The summed E-state index contributed by atoms with van der Waals surface area (Å²) in [5.74, 6) is -0.465. The molecule has 8 nitrogen and oxygen atoms in total. The number of carbonyl (C=O) groups is 1. The van der Waals surface area contributed by atoms with Crippen LogP contribution in [0.4, 0.5) is 5.69 Å². The van der Waals surface area contributed by atoms with Gasteiger partial charge in [-0.1, -0.05) is 60.7 Å². The quantitative estimate of drug-likeness (QED) is 0.172. The van der Waals surface area contributed by atoms with Gasteiger partial charge in [-0.15, -0.1) is 4.85 Å². The molecule has 0 saturated heterocycles. The number of nitrogens with zero attached hydrogens (tertiary/aromatic N) is 4. The van der Waals surface area contributed by atoms with E-state index >= 15 is 0 Å². The molecule has 0 N–H and O–H groups in total. The summed E-state index contributed by atoms with van der Waals surface area (Å²) >= 11 is 0. The number of non-ortho nitro benzene ring substituents is 1. The molecular formula is C21H14N4O4. The number of nitro groups is 1. The summed E-state index contributed by atoms with van der Waals surface area (Å²) in [7, 11) is 0. The number of aromatic nitrogens is 3. The molecule has 1 aromatic heterocycles. The Bertz CT molecular complexity index is 1190. The molecule has 0 aliphatic carbocycles. The molecule has 0 unspecified atom stereocenters. The van der Waals surface area contributed by atoms with Crippen LogP contribution in [0.5, 0.6) is 0 Å². The van der Waals surface area contributed by atoms with Crippen molar-refractivity contribution in [1.29, 1.82) is 0 Å². The van der Waals surface area contributed by atoms with Gasteiger partial charge in [-0.25, -0.2) is 0 Å². The summed E-state index contributed by atoms with van der Waals surface area (Å²) in [6.45, 7) is 0. The minimum Gasteiger partial charge on any atom is -0.692 e. The third kappa shape index (κ3) is 3.34. The largest absolute Gasteiger partial charge is 0.692 e. The Labute approximate surface area is 165 Å². The fraction of sp³-hybridized carbons (Fsp3) is 0. The van der Waals surface area contributed by atoms with Crippen molar-refractivity contribution in [3.8, 4) is 16.9 Å². The van der Waals surface area contributed by atoms with E-state index in [1.165, 1.54) is 24.3 Å². The minimum absolute atomic E-state index is 0.109. The van der Waals surface area contributed by atoms with Gasteiger partial charge >= 0.3 is 0 Å². The second-order valence-electron chi connectivity index (χ2n) is 6.19. The van der Waals surface area contributed by atoms with Gasteiger partial charge in [0.15, 0.2) is 0 Å². The van der Waals surface area contributed by atoms with Crippen molar-refractivity contribution in [3.63, 3.8) is 0 Å². The molecule has 0 amide bonds. The van der Waals surface area contributed by atoms with Crippen LogP contribution in [0.15, 0.2) is 84.9 Å². The first-order chi connectivity index (χ1) is 14.1. The summed E-state index contributed by atoms with van der Waals surface area (Å²) in [5, 5.41) is 28.3. The van der Waals surface area contributed by atoms with E-state index in [0.29, 0.717) is 21.7 Å². The monoisotopic (exact) mass is 386 g/mol. The zero-order chi connectivity index (χ0) is 20.4. The number of hydrogen-bond acceptors (Lipinski definition) is 5. The lowest BCUT2D eigenvalue weighted by Gasteiger charge is -2.06. The van der Waals surface area contributed by atoms with Crippen LogP contribution in [0.1, 0.15) is 16.1 Å². The van der Waals surface area contributed by atoms with Gasteiger partial charge in [0.1, 0.15) is 5.69 Å². The Hall–Kier alpha value is -4.33. The van der Waals surface area contributed by atoms with Crippen LogP contribution in [-0.4, -0.2) is 20.6 Å². The van der Waals surface area contributed by atoms with Gasteiger partial charge in [0.05, 0.1) is 10.0 Å². The molecule has 0 spiro atoms. The molecule has 8 heteroatoms. The Kier molecular flexibility index (Phi) is 4.58. The lowest BCUT2D eigenvalue weighted by Crippen LogP contribution is -2.42. The Morgan fingerprint density at radius 1 is 0.897 bits per heavy atom. The van der Waals surface area contributed by atoms with Gasteiger partial charge in [-0.3, -0.25) is 14.9 Å². The third-order valence-electron chi connectivity index (χ3n) is 4.37. The number of hydrogen-bond donors (Lipinski definition) is 0. The second kappa shape index (κ2) is 7.35. The molecule has 4 aromatic rings. The predicted molar refractivity (Wildman–Crippen MR) is 104 cm³/mol. The maximum absolute atomic E-state index is 13.1. The van der Waals surface area contributed by atoms with Crippen molar-refractivity contribution >= 4 is 11.5 Å². The lowest BCUT2D eigenvalue weighted by atomic mass is 10.0. The summed E-state index contributed by atoms with van der Waals surface area (Å²) in [6, 6.07) is 22.7. The maximum Gasteiger partial charge on any atom is 0.269 e. The minimum atomic E-state index is -0.530. The number of nitro benzene ring substituents is 1. The fourth-order valence-electron chi connectivity index (χ4n) is 2.95. The molecule has 29 heavy (non-hydrogen) atoms. The lowest BCUT2D eigenvalue weighted by molar-refractivity contribution is -0.690. The van der Waals surface area contributed by atoms with Crippen LogP contribution in [0.2, 0.25) is 0 Å². The van der Waals surface area contributed by atoms with E-state index in [1.54, 1.807) is 54.6 Å². The molecular weight excluding hydrogens is 372 g/mol. The Balaban J connectivity index is 1.89. The predicted octanol–water partition coefficient (Wildman–Crippen LogP) is 3.31. The molecule has 0 saturated carbocycles. The molecule has 142 valence electrons. The smallest absolute Gasteiger partial charge is 0.269 e. The van der Waals surface area contributed by atoms with Gasteiger partial charge in [0.2, 0.25) is 5.78 Å². The first kappa shape index (κ1) is 18.1. The number of rotatable bonds is 5. The zero-order valence-corrected chi connectivity index (χ0v) is 15.0. The van der Waals surface area contributed by atoms with Gasteiger partial charge in [-0.05, 0) is 16.9 Å². The van der Waals surface area contributed by atoms with Gasteiger partial charge < -0.3 is 5.21 Å². The van der Waals surface area contributed by atoms with Crippen LogP contribution < -0.4 is 4.85 Å². The van der Waals surface area contributed by atoms with Crippen molar-refractivity contribution < 1.29 is 14.6 Å². The van der Waals surface area contributed by atoms with E-state index < -0.39 is 10.7 Å². The third-order valence-corrected chi connectivity index (χ3v) is 4.37. The van der Waals surface area contributed by atoms with Crippen molar-refractivity contribution in [2.45, 2.75) is 0 Å². The summed E-state index contributed by atoms with van der Waals surface area (Å²) in [6.07, 6.45) is 0. The van der Waals surface area contributed by atoms with E-state index in [0.717, 1.165) is 4.80 Å². The van der Waals surface area contributed by atoms with Crippen molar-refractivity contribution in [1.82, 2.24) is 9.90 Å². The van der Waals surface area contributed by atoms with Gasteiger partial charge in [0.25, 0.3) is 17.1 Å². The van der Waals surface area contributed by atoms with Crippen molar-refractivity contribution in [2.75, 3.05) is 0 Å².